The second-order valence-electron chi connectivity index (χ2n) is 8.82. The normalized spacial score (nSPS) is 11.9. The average Bonchev–Trinajstić information content (AvgIpc) is 2.93. The highest BCUT2D eigenvalue weighted by molar-refractivity contribution is 5.72. The summed E-state index contributed by atoms with van der Waals surface area (Å²) in [5.41, 5.74) is 2.53. The van der Waals surface area contributed by atoms with E-state index in [1.165, 1.54) is 24.3 Å². The number of aliphatic hydroxyl groups excluding tert-OH is 1. The van der Waals surface area contributed by atoms with Crippen molar-refractivity contribution in [2.75, 3.05) is 6.61 Å². The molecule has 0 aliphatic rings. The van der Waals surface area contributed by atoms with Crippen molar-refractivity contribution in [3.63, 3.8) is 0 Å². The van der Waals surface area contributed by atoms with Gasteiger partial charge in [-0.15, -0.1) is 0 Å². The Morgan fingerprint density at radius 1 is 0.632 bits per heavy atom. The molecule has 0 aliphatic carbocycles. The number of aliphatic hydroxyl groups is 1. The minimum atomic E-state index is -1.14. The maximum Gasteiger partial charge on any atom is 0.204 e. The van der Waals surface area contributed by atoms with E-state index >= 15 is 8.78 Å². The summed E-state index contributed by atoms with van der Waals surface area (Å²) in [7, 11) is 0. The summed E-state index contributed by atoms with van der Waals surface area (Å²) in [4.78, 5) is 0. The summed E-state index contributed by atoms with van der Waals surface area (Å²) >= 11 is 0. The van der Waals surface area contributed by atoms with E-state index in [0.717, 1.165) is 12.0 Å². The van der Waals surface area contributed by atoms with E-state index in [4.69, 9.17) is 9.47 Å². The zero-order valence-corrected chi connectivity index (χ0v) is 21.1. The molecule has 4 aromatic rings. The van der Waals surface area contributed by atoms with Crippen LogP contribution in [0, 0.1) is 23.3 Å². The van der Waals surface area contributed by atoms with Crippen molar-refractivity contribution in [1.82, 2.24) is 0 Å². The first-order valence-corrected chi connectivity index (χ1v) is 12.4. The maximum atomic E-state index is 15.1. The molecule has 0 heterocycles. The van der Waals surface area contributed by atoms with E-state index in [1.54, 1.807) is 55.5 Å². The Labute approximate surface area is 219 Å². The van der Waals surface area contributed by atoms with Gasteiger partial charge in [-0.2, -0.15) is 8.78 Å². The number of rotatable bonds is 10. The Bertz CT molecular complexity index is 1390. The molecule has 4 aromatic carbocycles. The summed E-state index contributed by atoms with van der Waals surface area (Å²) < 4.78 is 68.8. The third-order valence-corrected chi connectivity index (χ3v) is 6.22. The van der Waals surface area contributed by atoms with Gasteiger partial charge in [-0.3, -0.25) is 0 Å². The summed E-state index contributed by atoms with van der Waals surface area (Å²) in [6.07, 6.45) is 0.867. The predicted octanol–water partition coefficient (Wildman–Crippen LogP) is 8.39. The van der Waals surface area contributed by atoms with Crippen LogP contribution in [-0.4, -0.2) is 11.7 Å². The first-order valence-electron chi connectivity index (χ1n) is 12.4. The first-order chi connectivity index (χ1) is 18.3. The number of halogens is 4. The van der Waals surface area contributed by atoms with Gasteiger partial charge in [0.2, 0.25) is 11.6 Å². The average molecular weight is 525 g/mol. The Hall–Kier alpha value is -3.84. The lowest BCUT2D eigenvalue weighted by molar-refractivity contribution is 0.166. The van der Waals surface area contributed by atoms with E-state index in [2.05, 4.69) is 0 Å². The zero-order valence-electron chi connectivity index (χ0n) is 21.1. The van der Waals surface area contributed by atoms with Gasteiger partial charge in [0.25, 0.3) is 0 Å². The SMILES string of the molecule is CCCC(O)c1ccc(-c2ccc(-c3ccc(COc4ccc(OCC)c(F)c4F)cc3)c(F)c2F)cc1. The quantitative estimate of drug-likeness (QED) is 0.212. The highest BCUT2D eigenvalue weighted by Gasteiger charge is 2.18. The molecule has 0 aromatic heterocycles. The molecule has 1 N–H and O–H groups in total. The van der Waals surface area contributed by atoms with Crippen LogP contribution in [0.25, 0.3) is 22.3 Å². The largest absolute Gasteiger partial charge is 0.491 e. The molecule has 0 spiro atoms. The second kappa shape index (κ2) is 12.1. The standard InChI is InChI=1S/C31H28F4O3/c1-3-5-25(36)22-12-10-21(11-13-22)24-15-14-23(28(32)29(24)33)20-8-6-19(7-9-20)18-38-27-17-16-26(37-4-2)30(34)31(27)35/h6-17,25,36H,3-5,18H2,1-2H3. The van der Waals surface area contributed by atoms with Crippen molar-refractivity contribution < 1.29 is 32.1 Å². The smallest absolute Gasteiger partial charge is 0.204 e. The Balaban J connectivity index is 1.48. The molecule has 0 bridgehead atoms. The topological polar surface area (TPSA) is 38.7 Å². The van der Waals surface area contributed by atoms with Crippen LogP contribution in [0.2, 0.25) is 0 Å². The lowest BCUT2D eigenvalue weighted by Crippen LogP contribution is -2.02. The molecule has 1 unspecified atom stereocenters. The molecule has 7 heteroatoms. The van der Waals surface area contributed by atoms with Crippen LogP contribution < -0.4 is 9.47 Å². The van der Waals surface area contributed by atoms with Crippen molar-refractivity contribution in [1.29, 1.82) is 0 Å². The summed E-state index contributed by atoms with van der Waals surface area (Å²) in [5.74, 6) is -4.66. The zero-order chi connectivity index (χ0) is 27.2. The molecule has 198 valence electrons. The second-order valence-corrected chi connectivity index (χ2v) is 8.82. The van der Waals surface area contributed by atoms with Gasteiger partial charge in [-0.1, -0.05) is 74.0 Å². The number of ether oxygens (including phenoxy) is 2. The van der Waals surface area contributed by atoms with E-state index in [1.807, 2.05) is 6.92 Å². The van der Waals surface area contributed by atoms with Crippen molar-refractivity contribution in [3.8, 4) is 33.8 Å². The molecule has 0 saturated carbocycles. The fourth-order valence-electron chi connectivity index (χ4n) is 4.15. The first kappa shape index (κ1) is 27.2. The summed E-state index contributed by atoms with van der Waals surface area (Å²) in [6.45, 7) is 3.79. The fourth-order valence-corrected chi connectivity index (χ4v) is 4.15. The molecular formula is C31H28F4O3. The Kier molecular flexibility index (Phi) is 8.69. The molecule has 0 radical (unpaired) electrons. The Morgan fingerprint density at radius 3 is 1.63 bits per heavy atom. The van der Waals surface area contributed by atoms with Crippen LogP contribution >= 0.6 is 0 Å². The van der Waals surface area contributed by atoms with Crippen LogP contribution in [-0.2, 0) is 6.61 Å². The minimum Gasteiger partial charge on any atom is -0.491 e. The lowest BCUT2D eigenvalue weighted by atomic mass is 9.96. The maximum absolute atomic E-state index is 15.1. The van der Waals surface area contributed by atoms with Crippen LogP contribution in [0.5, 0.6) is 11.5 Å². The van der Waals surface area contributed by atoms with Crippen molar-refractivity contribution in [2.24, 2.45) is 0 Å². The highest BCUT2D eigenvalue weighted by Crippen LogP contribution is 2.33. The molecule has 4 rings (SSSR count). The molecule has 0 fully saturated rings. The van der Waals surface area contributed by atoms with Gasteiger partial charge < -0.3 is 14.6 Å². The van der Waals surface area contributed by atoms with Crippen molar-refractivity contribution in [2.45, 2.75) is 39.4 Å². The van der Waals surface area contributed by atoms with Crippen LogP contribution in [0.1, 0.15) is 43.9 Å². The fraction of sp³-hybridized carbons (Fsp3) is 0.226. The summed E-state index contributed by atoms with van der Waals surface area (Å²) in [5, 5.41) is 10.1. The molecular weight excluding hydrogens is 496 g/mol. The predicted molar refractivity (Wildman–Crippen MR) is 139 cm³/mol. The van der Waals surface area contributed by atoms with E-state index in [-0.39, 0.29) is 35.8 Å². The van der Waals surface area contributed by atoms with Crippen LogP contribution in [0.4, 0.5) is 17.6 Å². The number of benzene rings is 4. The Morgan fingerprint density at radius 2 is 1.13 bits per heavy atom. The highest BCUT2D eigenvalue weighted by atomic mass is 19.2. The van der Waals surface area contributed by atoms with Gasteiger partial charge >= 0.3 is 0 Å². The third kappa shape index (κ3) is 5.83. The van der Waals surface area contributed by atoms with Gasteiger partial charge in [-0.05, 0) is 47.7 Å². The van der Waals surface area contributed by atoms with E-state index < -0.39 is 29.4 Å². The van der Waals surface area contributed by atoms with E-state index in [0.29, 0.717) is 23.1 Å². The third-order valence-electron chi connectivity index (χ3n) is 6.22. The lowest BCUT2D eigenvalue weighted by Gasteiger charge is -2.13. The van der Waals surface area contributed by atoms with Gasteiger partial charge in [0.1, 0.15) is 6.61 Å². The molecule has 0 aliphatic heterocycles. The van der Waals surface area contributed by atoms with Crippen molar-refractivity contribution >= 4 is 0 Å². The molecule has 0 saturated heterocycles. The van der Waals surface area contributed by atoms with Gasteiger partial charge in [0, 0.05) is 11.1 Å². The van der Waals surface area contributed by atoms with Crippen molar-refractivity contribution in [3.05, 3.63) is 107 Å². The molecule has 1 atom stereocenters. The van der Waals surface area contributed by atoms with Crippen LogP contribution in [0.3, 0.4) is 0 Å². The van der Waals surface area contributed by atoms with Gasteiger partial charge in [-0.25, -0.2) is 8.78 Å². The number of hydrogen-bond acceptors (Lipinski definition) is 3. The monoisotopic (exact) mass is 524 g/mol. The van der Waals surface area contributed by atoms with Gasteiger partial charge in [0.15, 0.2) is 23.1 Å². The minimum absolute atomic E-state index is 0.0522. The summed E-state index contributed by atoms with van der Waals surface area (Å²) in [6, 6.07) is 18.9. The van der Waals surface area contributed by atoms with E-state index in [9.17, 15) is 13.9 Å². The van der Waals surface area contributed by atoms with Crippen LogP contribution in [0.15, 0.2) is 72.8 Å². The molecule has 3 nitrogen and oxygen atoms in total. The van der Waals surface area contributed by atoms with Gasteiger partial charge in [0.05, 0.1) is 12.7 Å². The number of hydrogen-bond donors (Lipinski definition) is 1. The molecule has 38 heavy (non-hydrogen) atoms. The molecule has 0 amide bonds.